The second kappa shape index (κ2) is 7.07. The van der Waals surface area contributed by atoms with Crippen LogP contribution < -0.4 is 10.6 Å². The lowest BCUT2D eigenvalue weighted by Crippen LogP contribution is -2.19. The lowest BCUT2D eigenvalue weighted by molar-refractivity contribution is 0.262. The lowest BCUT2D eigenvalue weighted by Gasteiger charge is -2.09. The van der Waals surface area contributed by atoms with Gasteiger partial charge in [0.1, 0.15) is 11.5 Å². The number of urea groups is 1. The van der Waals surface area contributed by atoms with E-state index in [4.69, 9.17) is 4.42 Å². The molecule has 4 rings (SSSR count). The van der Waals surface area contributed by atoms with E-state index in [9.17, 15) is 4.79 Å². The highest BCUT2D eigenvalue weighted by atomic mass is 16.3. The Hall–Kier alpha value is -3.81. The number of amides is 2. The Morgan fingerprint density at radius 2 is 1.93 bits per heavy atom. The van der Waals surface area contributed by atoms with Crippen LogP contribution in [-0.2, 0) is 0 Å². The fraction of sp³-hybridized carbons (Fsp3) is 0.150. The molecule has 4 aromatic rings. The largest absolute Gasteiger partial charge is 0.460 e. The summed E-state index contributed by atoms with van der Waals surface area (Å²) in [4.78, 5) is 12.3. The highest BCUT2D eigenvalue weighted by Gasteiger charge is 2.11. The number of aromatic amines is 1. The topological polar surface area (TPSA) is 101 Å². The minimum Gasteiger partial charge on any atom is -0.460 e. The molecule has 8 heteroatoms. The van der Waals surface area contributed by atoms with Crippen LogP contribution in [0.4, 0.5) is 16.3 Å². The number of nitrogens with one attached hydrogen (secondary N) is 3. The first kappa shape index (κ1) is 17.6. The maximum Gasteiger partial charge on any atom is 0.324 e. The fourth-order valence-corrected chi connectivity index (χ4v) is 2.98. The van der Waals surface area contributed by atoms with Gasteiger partial charge in [-0.05, 0) is 57.2 Å². The summed E-state index contributed by atoms with van der Waals surface area (Å²) >= 11 is 0. The van der Waals surface area contributed by atoms with Crippen molar-refractivity contribution < 1.29 is 9.21 Å². The molecule has 3 heterocycles. The van der Waals surface area contributed by atoms with Gasteiger partial charge in [0.25, 0.3) is 0 Å². The molecular formula is C20H20N6O2. The van der Waals surface area contributed by atoms with Gasteiger partial charge < -0.3 is 9.73 Å². The molecular weight excluding hydrogens is 356 g/mol. The van der Waals surface area contributed by atoms with E-state index in [-0.39, 0.29) is 6.03 Å². The van der Waals surface area contributed by atoms with E-state index in [0.717, 1.165) is 22.8 Å². The number of rotatable bonds is 4. The number of H-pyrrole nitrogens is 1. The number of hydrogen-bond acceptors (Lipinski definition) is 4. The molecule has 1 aromatic carbocycles. The van der Waals surface area contributed by atoms with Gasteiger partial charge in [0.05, 0.1) is 11.4 Å². The molecule has 0 bridgehead atoms. The van der Waals surface area contributed by atoms with Crippen LogP contribution in [0, 0.1) is 20.8 Å². The summed E-state index contributed by atoms with van der Waals surface area (Å²) in [5.74, 6) is 1.87. The van der Waals surface area contributed by atoms with Gasteiger partial charge in [-0.1, -0.05) is 6.07 Å². The Labute approximate surface area is 161 Å². The number of anilines is 2. The zero-order valence-electron chi connectivity index (χ0n) is 15.8. The van der Waals surface area contributed by atoms with Crippen LogP contribution in [0.5, 0.6) is 0 Å². The van der Waals surface area contributed by atoms with E-state index < -0.39 is 0 Å². The van der Waals surface area contributed by atoms with Crippen molar-refractivity contribution in [1.82, 2.24) is 20.0 Å². The van der Waals surface area contributed by atoms with Crippen LogP contribution in [0.25, 0.3) is 17.1 Å². The monoisotopic (exact) mass is 376 g/mol. The number of carbonyl (C=O) groups is 1. The molecule has 3 N–H and O–H groups in total. The molecule has 3 aromatic heterocycles. The summed E-state index contributed by atoms with van der Waals surface area (Å²) < 4.78 is 7.38. The molecule has 0 fully saturated rings. The number of aromatic nitrogens is 4. The second-order valence-electron chi connectivity index (χ2n) is 6.55. The van der Waals surface area contributed by atoms with E-state index in [1.54, 1.807) is 6.07 Å². The number of nitrogens with zero attached hydrogens (tertiary/aromatic N) is 3. The van der Waals surface area contributed by atoms with Crippen molar-refractivity contribution in [2.24, 2.45) is 0 Å². The predicted octanol–water partition coefficient (Wildman–Crippen LogP) is 4.42. The average molecular weight is 376 g/mol. The van der Waals surface area contributed by atoms with E-state index in [2.05, 4.69) is 25.9 Å². The van der Waals surface area contributed by atoms with Crippen molar-refractivity contribution in [2.75, 3.05) is 10.6 Å². The van der Waals surface area contributed by atoms with Crippen LogP contribution >= 0.6 is 0 Å². The van der Waals surface area contributed by atoms with E-state index in [0.29, 0.717) is 23.0 Å². The van der Waals surface area contributed by atoms with Crippen molar-refractivity contribution in [2.45, 2.75) is 20.8 Å². The average Bonchev–Trinajstić information content (AvgIpc) is 3.35. The maximum absolute atomic E-state index is 12.3. The Kier molecular flexibility index (Phi) is 4.44. The van der Waals surface area contributed by atoms with Crippen molar-refractivity contribution >= 4 is 17.5 Å². The highest BCUT2D eigenvalue weighted by Crippen LogP contribution is 2.22. The SMILES string of the molecule is Cc1cc(C)n(-c2cccc(NC(=O)Nc3cc(-c4ccc(C)o4)[nH]n3)c2)n1. The van der Waals surface area contributed by atoms with E-state index in [1.165, 1.54) is 0 Å². The molecule has 142 valence electrons. The van der Waals surface area contributed by atoms with Gasteiger partial charge in [-0.3, -0.25) is 10.4 Å². The standard InChI is InChI=1S/C20H20N6O2/c1-12-9-13(2)26(25-12)16-6-4-5-15(10-16)21-20(27)22-19-11-17(23-24-19)18-8-7-14(3)28-18/h4-11H,1-3H3,(H3,21,22,23,24,27). The van der Waals surface area contributed by atoms with Crippen LogP contribution in [0.1, 0.15) is 17.1 Å². The second-order valence-corrected chi connectivity index (χ2v) is 6.55. The third-order valence-corrected chi connectivity index (χ3v) is 4.18. The molecule has 0 aliphatic rings. The highest BCUT2D eigenvalue weighted by molar-refractivity contribution is 5.99. The molecule has 0 saturated heterocycles. The Balaban J connectivity index is 1.45. The molecule has 0 aliphatic carbocycles. The first-order valence-electron chi connectivity index (χ1n) is 8.82. The van der Waals surface area contributed by atoms with Crippen LogP contribution in [0.15, 0.2) is 52.9 Å². The van der Waals surface area contributed by atoms with Crippen molar-refractivity contribution in [3.8, 4) is 17.1 Å². The van der Waals surface area contributed by atoms with Crippen LogP contribution in [-0.4, -0.2) is 26.0 Å². The molecule has 0 radical (unpaired) electrons. The quantitative estimate of drug-likeness (QED) is 0.490. The van der Waals surface area contributed by atoms with Gasteiger partial charge in [0, 0.05) is 17.4 Å². The molecule has 0 atom stereocenters. The van der Waals surface area contributed by atoms with Crippen LogP contribution in [0.2, 0.25) is 0 Å². The van der Waals surface area contributed by atoms with Gasteiger partial charge in [0.2, 0.25) is 0 Å². The smallest absolute Gasteiger partial charge is 0.324 e. The molecule has 0 unspecified atom stereocenters. The minimum atomic E-state index is -0.390. The first-order valence-corrected chi connectivity index (χ1v) is 8.82. The summed E-state index contributed by atoms with van der Waals surface area (Å²) in [5, 5.41) is 16.9. The number of furan rings is 1. The minimum absolute atomic E-state index is 0.390. The lowest BCUT2D eigenvalue weighted by atomic mass is 10.2. The van der Waals surface area contributed by atoms with Crippen molar-refractivity contribution in [3.63, 3.8) is 0 Å². The number of benzene rings is 1. The van der Waals surface area contributed by atoms with Gasteiger partial charge >= 0.3 is 6.03 Å². The van der Waals surface area contributed by atoms with Crippen molar-refractivity contribution in [1.29, 1.82) is 0 Å². The zero-order chi connectivity index (χ0) is 19.7. The number of hydrogen-bond donors (Lipinski definition) is 3. The number of aryl methyl sites for hydroxylation is 3. The Bertz CT molecular complexity index is 1140. The maximum atomic E-state index is 12.3. The summed E-state index contributed by atoms with van der Waals surface area (Å²) in [6.45, 7) is 5.80. The van der Waals surface area contributed by atoms with Gasteiger partial charge in [0.15, 0.2) is 11.6 Å². The fourth-order valence-electron chi connectivity index (χ4n) is 2.98. The van der Waals surface area contributed by atoms with E-state index >= 15 is 0 Å². The Morgan fingerprint density at radius 3 is 2.64 bits per heavy atom. The van der Waals surface area contributed by atoms with Crippen LogP contribution in [0.3, 0.4) is 0 Å². The van der Waals surface area contributed by atoms with Gasteiger partial charge in [-0.25, -0.2) is 9.48 Å². The first-order chi connectivity index (χ1) is 13.5. The summed E-state index contributed by atoms with van der Waals surface area (Å²) in [6, 6.07) is 14.5. The third kappa shape index (κ3) is 3.66. The summed E-state index contributed by atoms with van der Waals surface area (Å²) in [7, 11) is 0. The number of carbonyl (C=O) groups excluding carboxylic acids is 1. The molecule has 28 heavy (non-hydrogen) atoms. The summed E-state index contributed by atoms with van der Waals surface area (Å²) in [5.41, 5.74) is 4.18. The predicted molar refractivity (Wildman–Crippen MR) is 107 cm³/mol. The zero-order valence-corrected chi connectivity index (χ0v) is 15.8. The summed E-state index contributed by atoms with van der Waals surface area (Å²) in [6.07, 6.45) is 0. The third-order valence-electron chi connectivity index (χ3n) is 4.18. The molecule has 0 saturated carbocycles. The van der Waals surface area contributed by atoms with Gasteiger partial charge in [-0.2, -0.15) is 10.2 Å². The van der Waals surface area contributed by atoms with Gasteiger partial charge in [-0.15, -0.1) is 0 Å². The molecule has 0 spiro atoms. The molecule has 2 amide bonds. The normalized spacial score (nSPS) is 10.8. The molecule has 0 aliphatic heterocycles. The van der Waals surface area contributed by atoms with Crippen molar-refractivity contribution in [3.05, 3.63) is 65.7 Å². The van der Waals surface area contributed by atoms with E-state index in [1.807, 2.05) is 67.9 Å². The Morgan fingerprint density at radius 1 is 1.07 bits per heavy atom. The molecule has 8 nitrogen and oxygen atoms in total.